The maximum atomic E-state index is 5.05. The summed E-state index contributed by atoms with van der Waals surface area (Å²) < 4.78 is 10.1. The minimum atomic E-state index is 0.453. The van der Waals surface area contributed by atoms with Crippen LogP contribution in [0.5, 0.6) is 11.8 Å². The monoisotopic (exact) mass is 252 g/mol. The molecule has 0 aliphatic carbocycles. The summed E-state index contributed by atoms with van der Waals surface area (Å²) in [7, 11) is 3.10. The highest BCUT2D eigenvalue weighted by molar-refractivity contribution is 7.07. The van der Waals surface area contributed by atoms with Crippen molar-refractivity contribution in [1.29, 1.82) is 0 Å². The Bertz CT molecular complexity index is 453. The van der Waals surface area contributed by atoms with E-state index in [0.29, 0.717) is 24.3 Å². The van der Waals surface area contributed by atoms with Gasteiger partial charge in [-0.15, -0.1) is 11.3 Å². The Morgan fingerprint density at radius 1 is 1.24 bits per heavy atom. The third-order valence-electron chi connectivity index (χ3n) is 2.01. The number of ether oxygens (including phenoxy) is 2. The van der Waals surface area contributed by atoms with E-state index in [2.05, 4.69) is 20.3 Å². The molecule has 2 aromatic heterocycles. The molecule has 0 atom stereocenters. The summed E-state index contributed by atoms with van der Waals surface area (Å²) in [6, 6.07) is 1.62. The largest absolute Gasteiger partial charge is 0.481 e. The van der Waals surface area contributed by atoms with Gasteiger partial charge in [0.1, 0.15) is 0 Å². The van der Waals surface area contributed by atoms with Crippen molar-refractivity contribution in [3.8, 4) is 11.8 Å². The molecule has 0 spiro atoms. The van der Waals surface area contributed by atoms with Crippen LogP contribution in [0.2, 0.25) is 0 Å². The molecule has 2 rings (SSSR count). The SMILES string of the molecule is COc1cc(OC)nc(NCc2cscn2)n1. The van der Waals surface area contributed by atoms with E-state index in [4.69, 9.17) is 9.47 Å². The van der Waals surface area contributed by atoms with Crippen molar-refractivity contribution in [3.63, 3.8) is 0 Å². The molecule has 0 saturated heterocycles. The molecule has 2 heterocycles. The van der Waals surface area contributed by atoms with Gasteiger partial charge < -0.3 is 14.8 Å². The fraction of sp³-hybridized carbons (Fsp3) is 0.300. The first kappa shape index (κ1) is 11.6. The Labute approximate surface area is 103 Å². The number of aromatic nitrogens is 3. The number of nitrogens with one attached hydrogen (secondary N) is 1. The van der Waals surface area contributed by atoms with E-state index >= 15 is 0 Å². The predicted octanol–water partition coefficient (Wildman–Crippen LogP) is 1.56. The normalized spacial score (nSPS) is 10.0. The van der Waals surface area contributed by atoms with Crippen LogP contribution in [-0.4, -0.2) is 29.2 Å². The summed E-state index contributed by atoms with van der Waals surface area (Å²) >= 11 is 1.55. The van der Waals surface area contributed by atoms with Crippen LogP contribution < -0.4 is 14.8 Å². The summed E-state index contributed by atoms with van der Waals surface area (Å²) in [5.41, 5.74) is 2.73. The molecule has 0 aromatic carbocycles. The van der Waals surface area contributed by atoms with Gasteiger partial charge in [-0.2, -0.15) is 9.97 Å². The van der Waals surface area contributed by atoms with Gasteiger partial charge in [0.05, 0.1) is 38.0 Å². The average molecular weight is 252 g/mol. The van der Waals surface area contributed by atoms with Crippen molar-refractivity contribution in [2.24, 2.45) is 0 Å². The van der Waals surface area contributed by atoms with Gasteiger partial charge in [-0.1, -0.05) is 0 Å². The molecule has 0 saturated carbocycles. The number of thiazole rings is 1. The first-order chi connectivity index (χ1) is 8.31. The van der Waals surface area contributed by atoms with Gasteiger partial charge in [-0.05, 0) is 0 Å². The molecular weight excluding hydrogens is 240 g/mol. The lowest BCUT2D eigenvalue weighted by Gasteiger charge is -2.07. The molecule has 90 valence electrons. The second kappa shape index (κ2) is 5.44. The molecule has 0 radical (unpaired) electrons. The zero-order valence-corrected chi connectivity index (χ0v) is 10.3. The summed E-state index contributed by atoms with van der Waals surface area (Å²) in [6.45, 7) is 0.569. The Morgan fingerprint density at radius 2 is 1.94 bits per heavy atom. The van der Waals surface area contributed by atoms with Crippen LogP contribution in [0.3, 0.4) is 0 Å². The number of rotatable bonds is 5. The topological polar surface area (TPSA) is 69.2 Å². The van der Waals surface area contributed by atoms with Crippen molar-refractivity contribution >= 4 is 17.3 Å². The third-order valence-corrected chi connectivity index (χ3v) is 2.64. The van der Waals surface area contributed by atoms with Gasteiger partial charge in [0.2, 0.25) is 17.7 Å². The Balaban J connectivity index is 2.09. The lowest BCUT2D eigenvalue weighted by molar-refractivity contribution is 0.373. The van der Waals surface area contributed by atoms with Gasteiger partial charge in [0, 0.05) is 5.38 Å². The second-order valence-corrected chi connectivity index (χ2v) is 3.83. The number of nitrogens with zero attached hydrogens (tertiary/aromatic N) is 3. The maximum Gasteiger partial charge on any atom is 0.229 e. The van der Waals surface area contributed by atoms with Crippen LogP contribution >= 0.6 is 11.3 Å². The lowest BCUT2D eigenvalue weighted by atomic mass is 10.5. The number of hydrogen-bond donors (Lipinski definition) is 1. The van der Waals surface area contributed by atoms with Gasteiger partial charge in [-0.3, -0.25) is 0 Å². The molecule has 1 N–H and O–H groups in total. The van der Waals surface area contributed by atoms with Crippen LogP contribution in [0, 0.1) is 0 Å². The van der Waals surface area contributed by atoms with Gasteiger partial charge in [0.25, 0.3) is 0 Å². The standard InChI is InChI=1S/C10H12N4O2S/c1-15-8-3-9(16-2)14-10(13-8)11-4-7-5-17-6-12-7/h3,5-6H,4H2,1-2H3,(H,11,13,14). The van der Waals surface area contributed by atoms with Crippen LogP contribution in [0.1, 0.15) is 5.69 Å². The minimum Gasteiger partial charge on any atom is -0.481 e. The number of methoxy groups -OCH3 is 2. The molecule has 0 unspecified atom stereocenters. The Kier molecular flexibility index (Phi) is 3.71. The quantitative estimate of drug-likeness (QED) is 0.871. The first-order valence-electron chi connectivity index (χ1n) is 4.90. The van der Waals surface area contributed by atoms with E-state index in [1.54, 1.807) is 37.1 Å². The molecule has 6 nitrogen and oxygen atoms in total. The van der Waals surface area contributed by atoms with E-state index in [-0.39, 0.29) is 0 Å². The van der Waals surface area contributed by atoms with Gasteiger partial charge in [0.15, 0.2) is 0 Å². The smallest absolute Gasteiger partial charge is 0.229 e. The van der Waals surface area contributed by atoms with Crippen molar-refractivity contribution in [2.75, 3.05) is 19.5 Å². The highest BCUT2D eigenvalue weighted by Crippen LogP contribution is 2.17. The van der Waals surface area contributed by atoms with Crippen molar-refractivity contribution in [1.82, 2.24) is 15.0 Å². The van der Waals surface area contributed by atoms with Crippen LogP contribution in [0.4, 0.5) is 5.95 Å². The number of hydrogen-bond acceptors (Lipinski definition) is 7. The van der Waals surface area contributed by atoms with Crippen LogP contribution in [0.15, 0.2) is 17.0 Å². The molecule has 2 aromatic rings. The van der Waals surface area contributed by atoms with E-state index in [0.717, 1.165) is 5.69 Å². The van der Waals surface area contributed by atoms with Gasteiger partial charge in [-0.25, -0.2) is 4.98 Å². The van der Waals surface area contributed by atoms with E-state index in [1.165, 1.54) is 0 Å². The van der Waals surface area contributed by atoms with Crippen molar-refractivity contribution in [2.45, 2.75) is 6.54 Å². The highest BCUT2D eigenvalue weighted by Gasteiger charge is 2.05. The zero-order valence-electron chi connectivity index (χ0n) is 9.51. The minimum absolute atomic E-state index is 0.453. The van der Waals surface area contributed by atoms with Gasteiger partial charge >= 0.3 is 0 Å². The molecule has 0 aliphatic heterocycles. The average Bonchev–Trinajstić information content (AvgIpc) is 2.89. The highest BCUT2D eigenvalue weighted by atomic mass is 32.1. The lowest BCUT2D eigenvalue weighted by Crippen LogP contribution is -2.05. The summed E-state index contributed by atoms with van der Waals surface area (Å²) in [5.74, 6) is 1.37. The fourth-order valence-electron chi connectivity index (χ4n) is 1.19. The Hall–Kier alpha value is -1.89. The summed E-state index contributed by atoms with van der Waals surface area (Å²) in [4.78, 5) is 12.5. The Morgan fingerprint density at radius 3 is 2.47 bits per heavy atom. The predicted molar refractivity (Wildman–Crippen MR) is 64.6 cm³/mol. The van der Waals surface area contributed by atoms with E-state index in [1.807, 2.05) is 5.38 Å². The summed E-state index contributed by atoms with van der Waals surface area (Å²) in [6.07, 6.45) is 0. The van der Waals surface area contributed by atoms with E-state index in [9.17, 15) is 0 Å². The van der Waals surface area contributed by atoms with E-state index < -0.39 is 0 Å². The molecule has 0 bridgehead atoms. The molecule has 7 heteroatoms. The third kappa shape index (κ3) is 3.04. The molecule has 0 fully saturated rings. The van der Waals surface area contributed by atoms with Crippen LogP contribution in [-0.2, 0) is 6.54 Å². The fourth-order valence-corrected chi connectivity index (χ4v) is 1.74. The summed E-state index contributed by atoms with van der Waals surface area (Å²) in [5, 5.41) is 5.02. The van der Waals surface area contributed by atoms with Crippen molar-refractivity contribution < 1.29 is 9.47 Å². The van der Waals surface area contributed by atoms with Crippen LogP contribution in [0.25, 0.3) is 0 Å². The molecule has 0 amide bonds. The van der Waals surface area contributed by atoms with Crippen molar-refractivity contribution in [3.05, 3.63) is 22.7 Å². The molecular formula is C10H12N4O2S. The first-order valence-corrected chi connectivity index (χ1v) is 5.84. The number of anilines is 1. The molecule has 0 aliphatic rings. The molecule has 17 heavy (non-hydrogen) atoms. The second-order valence-electron chi connectivity index (χ2n) is 3.11. The maximum absolute atomic E-state index is 5.05. The zero-order chi connectivity index (χ0) is 12.1.